The molecule has 0 saturated carbocycles. The fourth-order valence-corrected chi connectivity index (χ4v) is 4.16. The van der Waals surface area contributed by atoms with Crippen LogP contribution in [0.2, 0.25) is 0 Å². The fraction of sp³-hybridized carbons (Fsp3) is 0.333. The smallest absolute Gasteiger partial charge is 0.243 e. The molecule has 0 aromatic heterocycles. The van der Waals surface area contributed by atoms with Crippen LogP contribution in [0.15, 0.2) is 72.8 Å². The number of aryl methyl sites for hydroxylation is 2. The Labute approximate surface area is 209 Å². The first kappa shape index (κ1) is 26.0. The lowest BCUT2D eigenvalue weighted by molar-refractivity contribution is -0.141. The topological polar surface area (TPSA) is 58.6 Å². The zero-order chi connectivity index (χ0) is 25.4. The molecule has 1 N–H and O–H groups in total. The van der Waals surface area contributed by atoms with E-state index in [0.29, 0.717) is 13.0 Å². The van der Waals surface area contributed by atoms with Crippen molar-refractivity contribution in [3.8, 4) is 5.75 Å². The van der Waals surface area contributed by atoms with Crippen molar-refractivity contribution < 1.29 is 14.3 Å². The summed E-state index contributed by atoms with van der Waals surface area (Å²) in [6.45, 7) is 8.21. The molecule has 1 atom stereocenters. The SMILES string of the molecule is COc1cccc(CN(C(=O)Cc2cc(C)ccc2C)[C@@H](Cc2ccccc2)C(=O)NC(C)C)c1. The zero-order valence-corrected chi connectivity index (χ0v) is 21.4. The van der Waals surface area contributed by atoms with Crippen molar-refractivity contribution in [3.63, 3.8) is 0 Å². The standard InChI is InChI=1S/C30H36N2O3/c1-21(2)31-30(34)28(18-24-10-7-6-8-11-24)32(20-25-12-9-13-27(17-25)35-5)29(33)19-26-16-22(3)14-15-23(26)4/h6-17,21,28H,18-20H2,1-5H3,(H,31,34)/t28-/m0/s1. The second-order valence-corrected chi connectivity index (χ2v) is 9.35. The number of carbonyl (C=O) groups is 2. The van der Waals surface area contributed by atoms with Crippen LogP contribution in [-0.4, -0.2) is 35.9 Å². The summed E-state index contributed by atoms with van der Waals surface area (Å²) in [7, 11) is 1.62. The van der Waals surface area contributed by atoms with Gasteiger partial charge in [0.25, 0.3) is 0 Å². The molecule has 3 aromatic carbocycles. The third kappa shape index (κ3) is 7.44. The van der Waals surface area contributed by atoms with Crippen molar-refractivity contribution in [3.05, 3.63) is 101 Å². The quantitative estimate of drug-likeness (QED) is 0.451. The van der Waals surface area contributed by atoms with Gasteiger partial charge in [-0.3, -0.25) is 9.59 Å². The van der Waals surface area contributed by atoms with E-state index in [-0.39, 0.29) is 24.3 Å². The molecule has 0 radical (unpaired) electrons. The Morgan fingerprint density at radius 1 is 0.914 bits per heavy atom. The molecule has 0 bridgehead atoms. The average molecular weight is 473 g/mol. The highest BCUT2D eigenvalue weighted by Gasteiger charge is 2.31. The van der Waals surface area contributed by atoms with Crippen molar-refractivity contribution >= 4 is 11.8 Å². The summed E-state index contributed by atoms with van der Waals surface area (Å²) < 4.78 is 5.39. The molecular weight excluding hydrogens is 436 g/mol. The number of methoxy groups -OCH3 is 1. The first-order valence-electron chi connectivity index (χ1n) is 12.1. The molecule has 184 valence electrons. The Morgan fingerprint density at radius 3 is 2.31 bits per heavy atom. The highest BCUT2D eigenvalue weighted by Crippen LogP contribution is 2.20. The van der Waals surface area contributed by atoms with Crippen LogP contribution >= 0.6 is 0 Å². The second-order valence-electron chi connectivity index (χ2n) is 9.35. The summed E-state index contributed by atoms with van der Waals surface area (Å²) in [5, 5.41) is 3.03. The summed E-state index contributed by atoms with van der Waals surface area (Å²) in [5.41, 5.74) is 5.07. The van der Waals surface area contributed by atoms with Crippen molar-refractivity contribution in [2.24, 2.45) is 0 Å². The number of nitrogens with one attached hydrogen (secondary N) is 1. The third-order valence-corrected chi connectivity index (χ3v) is 6.04. The Balaban J connectivity index is 2.01. The van der Waals surface area contributed by atoms with Gasteiger partial charge in [0.2, 0.25) is 11.8 Å². The first-order valence-corrected chi connectivity index (χ1v) is 12.1. The van der Waals surface area contributed by atoms with E-state index >= 15 is 0 Å². The van der Waals surface area contributed by atoms with Crippen LogP contribution in [-0.2, 0) is 29.0 Å². The molecule has 3 aromatic rings. The van der Waals surface area contributed by atoms with Gasteiger partial charge in [-0.15, -0.1) is 0 Å². The summed E-state index contributed by atoms with van der Waals surface area (Å²) in [4.78, 5) is 29.1. The zero-order valence-electron chi connectivity index (χ0n) is 21.4. The molecule has 0 heterocycles. The molecule has 0 aliphatic carbocycles. The van der Waals surface area contributed by atoms with Gasteiger partial charge < -0.3 is 15.0 Å². The minimum absolute atomic E-state index is 0.0337. The van der Waals surface area contributed by atoms with E-state index in [1.54, 1.807) is 12.0 Å². The number of amides is 2. The fourth-order valence-electron chi connectivity index (χ4n) is 4.16. The molecule has 0 saturated heterocycles. The van der Waals surface area contributed by atoms with Crippen LogP contribution in [0, 0.1) is 13.8 Å². The van der Waals surface area contributed by atoms with E-state index in [1.807, 2.05) is 94.4 Å². The molecule has 0 unspecified atom stereocenters. The van der Waals surface area contributed by atoms with E-state index in [1.165, 1.54) is 0 Å². The lowest BCUT2D eigenvalue weighted by Gasteiger charge is -2.32. The van der Waals surface area contributed by atoms with E-state index < -0.39 is 6.04 Å². The molecule has 0 aliphatic rings. The van der Waals surface area contributed by atoms with E-state index in [9.17, 15) is 9.59 Å². The molecule has 5 heteroatoms. The largest absolute Gasteiger partial charge is 0.497 e. The minimum atomic E-state index is -0.649. The molecule has 2 amide bonds. The molecule has 35 heavy (non-hydrogen) atoms. The van der Waals surface area contributed by atoms with Gasteiger partial charge >= 0.3 is 0 Å². The molecule has 5 nitrogen and oxygen atoms in total. The van der Waals surface area contributed by atoms with Gasteiger partial charge in [0, 0.05) is 19.0 Å². The van der Waals surface area contributed by atoms with Crippen molar-refractivity contribution in [1.82, 2.24) is 10.2 Å². The van der Waals surface area contributed by atoms with Crippen LogP contribution in [0.3, 0.4) is 0 Å². The number of hydrogen-bond donors (Lipinski definition) is 1. The second kappa shape index (κ2) is 12.2. The van der Waals surface area contributed by atoms with E-state index in [0.717, 1.165) is 33.6 Å². The maximum Gasteiger partial charge on any atom is 0.243 e. The van der Waals surface area contributed by atoms with Gasteiger partial charge in [-0.1, -0.05) is 66.2 Å². The lowest BCUT2D eigenvalue weighted by atomic mass is 9.99. The summed E-state index contributed by atoms with van der Waals surface area (Å²) in [6.07, 6.45) is 0.666. The summed E-state index contributed by atoms with van der Waals surface area (Å²) >= 11 is 0. The minimum Gasteiger partial charge on any atom is -0.497 e. The van der Waals surface area contributed by atoms with E-state index in [2.05, 4.69) is 11.4 Å². The van der Waals surface area contributed by atoms with Crippen molar-refractivity contribution in [2.45, 2.75) is 59.2 Å². The van der Waals surface area contributed by atoms with Crippen molar-refractivity contribution in [1.29, 1.82) is 0 Å². The molecule has 0 fully saturated rings. The number of hydrogen-bond acceptors (Lipinski definition) is 3. The molecular formula is C30H36N2O3. The maximum absolute atomic E-state index is 13.9. The molecule has 3 rings (SSSR count). The highest BCUT2D eigenvalue weighted by atomic mass is 16.5. The lowest BCUT2D eigenvalue weighted by Crippen LogP contribution is -2.52. The van der Waals surface area contributed by atoms with Crippen molar-refractivity contribution in [2.75, 3.05) is 7.11 Å². The molecule has 0 aliphatic heterocycles. The normalized spacial score (nSPS) is 11.7. The van der Waals surface area contributed by atoms with E-state index in [4.69, 9.17) is 4.74 Å². The van der Waals surface area contributed by atoms with Crippen LogP contribution in [0.4, 0.5) is 0 Å². The van der Waals surface area contributed by atoms with Gasteiger partial charge in [0.1, 0.15) is 11.8 Å². The first-order chi connectivity index (χ1) is 16.8. The summed E-state index contributed by atoms with van der Waals surface area (Å²) in [5.74, 6) is 0.484. The van der Waals surface area contributed by atoms with Crippen LogP contribution in [0.25, 0.3) is 0 Å². The Morgan fingerprint density at radius 2 is 1.63 bits per heavy atom. The molecule has 0 spiro atoms. The van der Waals surface area contributed by atoms with Gasteiger partial charge in [0.15, 0.2) is 0 Å². The van der Waals surface area contributed by atoms with Crippen LogP contribution in [0.1, 0.15) is 41.7 Å². The number of ether oxygens (including phenoxy) is 1. The van der Waals surface area contributed by atoms with Gasteiger partial charge in [-0.2, -0.15) is 0 Å². The Bertz CT molecular complexity index is 1140. The van der Waals surface area contributed by atoms with Gasteiger partial charge in [0.05, 0.1) is 13.5 Å². The Hall–Kier alpha value is -3.60. The highest BCUT2D eigenvalue weighted by molar-refractivity contribution is 5.89. The van der Waals surface area contributed by atoms with Crippen LogP contribution in [0.5, 0.6) is 5.75 Å². The maximum atomic E-state index is 13.9. The third-order valence-electron chi connectivity index (χ3n) is 6.04. The number of rotatable bonds is 10. The van der Waals surface area contributed by atoms with Gasteiger partial charge in [-0.25, -0.2) is 0 Å². The number of nitrogens with zero attached hydrogens (tertiary/aromatic N) is 1. The van der Waals surface area contributed by atoms with Gasteiger partial charge in [-0.05, 0) is 62.1 Å². The summed E-state index contributed by atoms with van der Waals surface area (Å²) in [6, 6.07) is 23.0. The monoisotopic (exact) mass is 472 g/mol. The van der Waals surface area contributed by atoms with Crippen LogP contribution < -0.4 is 10.1 Å². The number of benzene rings is 3. The predicted molar refractivity (Wildman–Crippen MR) is 140 cm³/mol. The Kier molecular flexibility index (Phi) is 9.07. The average Bonchev–Trinajstić information content (AvgIpc) is 2.83. The number of carbonyl (C=O) groups excluding carboxylic acids is 2. The predicted octanol–water partition coefficient (Wildman–Crippen LogP) is 5.02.